The van der Waals surface area contributed by atoms with Crippen molar-refractivity contribution in [3.05, 3.63) is 10.9 Å². The van der Waals surface area contributed by atoms with E-state index >= 15 is 0 Å². The molecule has 0 amide bonds. The van der Waals surface area contributed by atoms with Crippen LogP contribution in [0.15, 0.2) is 6.07 Å². The summed E-state index contributed by atoms with van der Waals surface area (Å²) >= 11 is 1.65. The van der Waals surface area contributed by atoms with Gasteiger partial charge in [-0.3, -0.25) is 0 Å². The first-order chi connectivity index (χ1) is 8.41. The Bertz CT molecular complexity index is 559. The van der Waals surface area contributed by atoms with E-state index in [1.807, 2.05) is 0 Å². The number of aromatic nitrogens is 2. The van der Waals surface area contributed by atoms with Gasteiger partial charge in [-0.15, -0.1) is 11.3 Å². The largest absolute Gasteiger partial charge is 0.368 e. The third-order valence-electron chi connectivity index (χ3n) is 2.87. The minimum Gasteiger partial charge on any atom is -0.368 e. The molecule has 0 atom stereocenters. The molecule has 4 nitrogen and oxygen atoms in total. The number of nitrogen functional groups attached to an aromatic ring is 1. The second kappa shape index (κ2) is 4.72. The van der Waals surface area contributed by atoms with Crippen molar-refractivity contribution in [2.45, 2.75) is 46.1 Å². The molecular weight excluding hydrogens is 244 g/mol. The van der Waals surface area contributed by atoms with Crippen LogP contribution in [0.3, 0.4) is 0 Å². The van der Waals surface area contributed by atoms with Crippen molar-refractivity contribution in [1.29, 1.82) is 0 Å². The summed E-state index contributed by atoms with van der Waals surface area (Å²) in [7, 11) is 0. The Labute approximate surface area is 112 Å². The van der Waals surface area contributed by atoms with Crippen molar-refractivity contribution in [3.8, 4) is 0 Å². The van der Waals surface area contributed by atoms with E-state index < -0.39 is 0 Å². The summed E-state index contributed by atoms with van der Waals surface area (Å²) in [5, 5.41) is 4.56. The third-order valence-corrected chi connectivity index (χ3v) is 3.81. The van der Waals surface area contributed by atoms with Gasteiger partial charge >= 0.3 is 0 Å². The van der Waals surface area contributed by atoms with Crippen LogP contribution in [0.5, 0.6) is 0 Å². The summed E-state index contributed by atoms with van der Waals surface area (Å²) in [6.07, 6.45) is 2.22. The normalized spacial score (nSPS) is 12.0. The van der Waals surface area contributed by atoms with Gasteiger partial charge < -0.3 is 11.1 Å². The number of aryl methyl sites for hydroxylation is 1. The van der Waals surface area contributed by atoms with E-state index in [4.69, 9.17) is 5.73 Å². The Balaban J connectivity index is 2.43. The standard InChI is InChI=1S/C13H20N4S/c1-5-6-13(3,4)17-10-9-7-8(2)18-11(9)16-12(14)15-10/h7H,5-6H2,1-4H3,(H3,14,15,16,17). The predicted molar refractivity (Wildman–Crippen MR) is 79.2 cm³/mol. The molecule has 0 saturated heterocycles. The Morgan fingerprint density at radius 1 is 1.39 bits per heavy atom. The molecule has 0 unspecified atom stereocenters. The number of hydrogen-bond donors (Lipinski definition) is 2. The van der Waals surface area contributed by atoms with Gasteiger partial charge in [0.1, 0.15) is 10.6 Å². The van der Waals surface area contributed by atoms with Crippen LogP contribution in [0.2, 0.25) is 0 Å². The molecule has 0 aliphatic rings. The minimum absolute atomic E-state index is 0.0122. The Hall–Kier alpha value is -1.36. The van der Waals surface area contributed by atoms with E-state index in [0.717, 1.165) is 28.9 Å². The summed E-state index contributed by atoms with van der Waals surface area (Å²) < 4.78 is 0. The van der Waals surface area contributed by atoms with Gasteiger partial charge in [-0.1, -0.05) is 13.3 Å². The van der Waals surface area contributed by atoms with Gasteiger partial charge in [0.15, 0.2) is 0 Å². The van der Waals surface area contributed by atoms with Gasteiger partial charge in [0.25, 0.3) is 0 Å². The van der Waals surface area contributed by atoms with Crippen LogP contribution >= 0.6 is 11.3 Å². The monoisotopic (exact) mass is 264 g/mol. The zero-order valence-corrected chi connectivity index (χ0v) is 12.2. The zero-order valence-electron chi connectivity index (χ0n) is 11.4. The molecule has 0 spiro atoms. The fraction of sp³-hybridized carbons (Fsp3) is 0.538. The molecule has 98 valence electrons. The summed E-state index contributed by atoms with van der Waals surface area (Å²) in [5.74, 6) is 1.18. The van der Waals surface area contributed by atoms with E-state index in [1.54, 1.807) is 11.3 Å². The third kappa shape index (κ3) is 2.72. The maximum atomic E-state index is 5.77. The van der Waals surface area contributed by atoms with Crippen LogP contribution in [-0.4, -0.2) is 15.5 Å². The van der Waals surface area contributed by atoms with Gasteiger partial charge in [-0.05, 0) is 33.3 Å². The summed E-state index contributed by atoms with van der Waals surface area (Å²) in [6.45, 7) is 8.62. The molecule has 3 N–H and O–H groups in total. The Morgan fingerprint density at radius 2 is 2.11 bits per heavy atom. The van der Waals surface area contributed by atoms with E-state index in [0.29, 0.717) is 5.95 Å². The van der Waals surface area contributed by atoms with Crippen LogP contribution in [0.25, 0.3) is 10.2 Å². The van der Waals surface area contributed by atoms with Crippen molar-refractivity contribution in [2.24, 2.45) is 0 Å². The molecule has 18 heavy (non-hydrogen) atoms. The van der Waals surface area contributed by atoms with Crippen molar-refractivity contribution < 1.29 is 0 Å². The molecule has 0 saturated carbocycles. The molecule has 2 aromatic heterocycles. The van der Waals surface area contributed by atoms with Gasteiger partial charge in [-0.25, -0.2) is 4.98 Å². The highest BCUT2D eigenvalue weighted by atomic mass is 32.1. The molecule has 0 aliphatic heterocycles. The molecule has 2 heterocycles. The van der Waals surface area contributed by atoms with Crippen LogP contribution in [0.4, 0.5) is 11.8 Å². The average Bonchev–Trinajstić information content (AvgIpc) is 2.57. The first kappa shape index (κ1) is 13.1. The second-order valence-electron chi connectivity index (χ2n) is 5.27. The van der Waals surface area contributed by atoms with Crippen LogP contribution in [0.1, 0.15) is 38.5 Å². The molecule has 2 rings (SSSR count). The summed E-state index contributed by atoms with van der Waals surface area (Å²) in [6, 6.07) is 2.11. The van der Waals surface area contributed by atoms with E-state index in [-0.39, 0.29) is 5.54 Å². The minimum atomic E-state index is 0.0122. The van der Waals surface area contributed by atoms with Crippen molar-refractivity contribution in [1.82, 2.24) is 9.97 Å². The highest BCUT2D eigenvalue weighted by Gasteiger charge is 2.19. The van der Waals surface area contributed by atoms with Crippen LogP contribution in [-0.2, 0) is 0 Å². The Morgan fingerprint density at radius 3 is 2.78 bits per heavy atom. The molecule has 0 aromatic carbocycles. The van der Waals surface area contributed by atoms with E-state index in [1.165, 1.54) is 4.88 Å². The lowest BCUT2D eigenvalue weighted by molar-refractivity contribution is 0.510. The first-order valence-corrected chi connectivity index (χ1v) is 7.05. The van der Waals surface area contributed by atoms with Crippen LogP contribution < -0.4 is 11.1 Å². The Kier molecular flexibility index (Phi) is 3.43. The van der Waals surface area contributed by atoms with Crippen molar-refractivity contribution in [3.63, 3.8) is 0 Å². The van der Waals surface area contributed by atoms with Gasteiger partial charge in [0.2, 0.25) is 5.95 Å². The zero-order chi connectivity index (χ0) is 13.3. The quantitative estimate of drug-likeness (QED) is 0.886. The predicted octanol–water partition coefficient (Wildman–Crippen LogP) is 3.57. The van der Waals surface area contributed by atoms with Crippen molar-refractivity contribution >= 4 is 33.3 Å². The van der Waals surface area contributed by atoms with Crippen molar-refractivity contribution in [2.75, 3.05) is 11.1 Å². The number of fused-ring (bicyclic) bond motifs is 1. The summed E-state index contributed by atoms with van der Waals surface area (Å²) in [5.41, 5.74) is 5.78. The number of nitrogens with zero attached hydrogens (tertiary/aromatic N) is 2. The smallest absolute Gasteiger partial charge is 0.223 e. The number of thiophene rings is 1. The topological polar surface area (TPSA) is 63.8 Å². The molecule has 0 radical (unpaired) electrons. The lowest BCUT2D eigenvalue weighted by atomic mass is 9.99. The first-order valence-electron chi connectivity index (χ1n) is 6.23. The highest BCUT2D eigenvalue weighted by molar-refractivity contribution is 7.18. The molecule has 5 heteroatoms. The van der Waals surface area contributed by atoms with Gasteiger partial charge in [0, 0.05) is 10.4 Å². The molecule has 0 bridgehead atoms. The molecular formula is C13H20N4S. The van der Waals surface area contributed by atoms with Gasteiger partial charge in [0.05, 0.1) is 5.39 Å². The average molecular weight is 264 g/mol. The molecule has 0 aliphatic carbocycles. The maximum absolute atomic E-state index is 5.77. The fourth-order valence-corrected chi connectivity index (χ4v) is 3.05. The molecule has 2 aromatic rings. The van der Waals surface area contributed by atoms with E-state index in [9.17, 15) is 0 Å². The van der Waals surface area contributed by atoms with Gasteiger partial charge in [-0.2, -0.15) is 4.98 Å². The van der Waals surface area contributed by atoms with E-state index in [2.05, 4.69) is 49.0 Å². The highest BCUT2D eigenvalue weighted by Crippen LogP contribution is 2.31. The lowest BCUT2D eigenvalue weighted by Gasteiger charge is -2.26. The number of nitrogens with one attached hydrogen (secondary N) is 1. The number of hydrogen-bond acceptors (Lipinski definition) is 5. The fourth-order valence-electron chi connectivity index (χ4n) is 2.16. The number of rotatable bonds is 4. The lowest BCUT2D eigenvalue weighted by Crippen LogP contribution is -2.31. The summed E-state index contributed by atoms with van der Waals surface area (Å²) in [4.78, 5) is 10.8. The van der Waals surface area contributed by atoms with Crippen LogP contribution in [0, 0.1) is 6.92 Å². The number of anilines is 2. The molecule has 0 fully saturated rings. The number of nitrogens with two attached hydrogens (primary N) is 1. The SMILES string of the molecule is CCCC(C)(C)Nc1nc(N)nc2sc(C)cc12. The maximum Gasteiger partial charge on any atom is 0.223 e. The second-order valence-corrected chi connectivity index (χ2v) is 6.50.